The van der Waals surface area contributed by atoms with E-state index in [9.17, 15) is 30.3 Å². The molecule has 1 heterocycles. The fourth-order valence-electron chi connectivity index (χ4n) is 4.74. The van der Waals surface area contributed by atoms with Crippen LogP contribution in [0.15, 0.2) is 12.2 Å². The summed E-state index contributed by atoms with van der Waals surface area (Å²) in [6.45, 7) is 3.61. The summed E-state index contributed by atoms with van der Waals surface area (Å²) in [5.41, 5.74) is 0. The Labute approximate surface area is 236 Å². The van der Waals surface area contributed by atoms with Crippen LogP contribution in [-0.2, 0) is 14.3 Å². The molecule has 1 aliphatic rings. The Kier molecular flexibility index (Phi) is 20.8. The Hall–Kier alpha value is -1.07. The zero-order valence-corrected chi connectivity index (χ0v) is 24.4. The van der Waals surface area contributed by atoms with Crippen LogP contribution in [0.25, 0.3) is 0 Å². The quantitative estimate of drug-likeness (QED) is 0.0823. The van der Waals surface area contributed by atoms with Crippen LogP contribution in [-0.4, -0.2) is 87.5 Å². The lowest BCUT2D eigenvalue weighted by Gasteiger charge is -2.40. The minimum atomic E-state index is -1.56. The van der Waals surface area contributed by atoms with Gasteiger partial charge in [-0.05, 0) is 19.3 Å². The number of nitrogens with one attached hydrogen (secondary N) is 1. The van der Waals surface area contributed by atoms with Gasteiger partial charge in [0.2, 0.25) is 5.91 Å². The predicted octanol–water partition coefficient (Wildman–Crippen LogP) is 3.49. The standard InChI is InChI=1S/C30H57NO8/c1-3-5-7-9-10-11-12-13-14-16-17-19-24(33)23(31-26(34)20-18-15-8-6-4-2)22-38-30-29(37)28(36)27(35)25(21-32)39-30/h17,19,23-25,27-30,32-33,35-37H,3-16,18,20-22H2,1-2H3,(H,31,34)/b19-17+. The molecule has 230 valence electrons. The van der Waals surface area contributed by atoms with Gasteiger partial charge >= 0.3 is 0 Å². The topological polar surface area (TPSA) is 149 Å². The summed E-state index contributed by atoms with van der Waals surface area (Å²) in [6.07, 6.45) is 13.0. The number of ether oxygens (including phenoxy) is 2. The molecule has 0 aromatic heterocycles. The Bertz CT molecular complexity index is 632. The van der Waals surface area contributed by atoms with Gasteiger partial charge in [0.25, 0.3) is 0 Å². The van der Waals surface area contributed by atoms with Crippen molar-refractivity contribution in [2.75, 3.05) is 13.2 Å². The van der Waals surface area contributed by atoms with Crippen LogP contribution >= 0.6 is 0 Å². The summed E-state index contributed by atoms with van der Waals surface area (Å²) in [7, 11) is 0. The number of unbranched alkanes of at least 4 members (excludes halogenated alkanes) is 13. The van der Waals surface area contributed by atoms with E-state index in [1.807, 2.05) is 6.08 Å². The average molecular weight is 560 g/mol. The summed E-state index contributed by atoms with van der Waals surface area (Å²) < 4.78 is 11.0. The van der Waals surface area contributed by atoms with Crippen molar-refractivity contribution >= 4 is 5.91 Å². The molecule has 0 aromatic carbocycles. The fourth-order valence-corrected chi connectivity index (χ4v) is 4.74. The van der Waals surface area contributed by atoms with Gasteiger partial charge in [-0.15, -0.1) is 0 Å². The zero-order chi connectivity index (χ0) is 28.9. The monoisotopic (exact) mass is 559 g/mol. The van der Waals surface area contributed by atoms with Crippen molar-refractivity contribution in [2.24, 2.45) is 0 Å². The largest absolute Gasteiger partial charge is 0.394 e. The number of aliphatic hydroxyl groups excluding tert-OH is 5. The zero-order valence-electron chi connectivity index (χ0n) is 24.4. The lowest BCUT2D eigenvalue weighted by atomic mass is 9.99. The van der Waals surface area contributed by atoms with Crippen molar-refractivity contribution < 1.29 is 39.8 Å². The molecule has 0 bridgehead atoms. The number of amides is 1. The first-order valence-electron chi connectivity index (χ1n) is 15.4. The van der Waals surface area contributed by atoms with E-state index in [1.165, 1.54) is 44.9 Å². The van der Waals surface area contributed by atoms with Crippen molar-refractivity contribution in [2.45, 2.75) is 159 Å². The third-order valence-electron chi connectivity index (χ3n) is 7.36. The molecule has 0 radical (unpaired) electrons. The van der Waals surface area contributed by atoms with Gasteiger partial charge in [-0.1, -0.05) is 103 Å². The molecular formula is C30H57NO8. The summed E-state index contributed by atoms with van der Waals surface area (Å²) in [5.74, 6) is -0.194. The third kappa shape index (κ3) is 15.5. The third-order valence-corrected chi connectivity index (χ3v) is 7.36. The Balaban J connectivity index is 2.56. The lowest BCUT2D eigenvalue weighted by molar-refractivity contribution is -0.302. The first-order valence-corrected chi connectivity index (χ1v) is 15.4. The van der Waals surface area contributed by atoms with Gasteiger partial charge in [0.15, 0.2) is 6.29 Å². The van der Waals surface area contributed by atoms with Gasteiger partial charge in [-0.3, -0.25) is 4.79 Å². The average Bonchev–Trinajstić information content (AvgIpc) is 2.93. The molecule has 0 aliphatic carbocycles. The smallest absolute Gasteiger partial charge is 0.220 e. The first kappa shape index (κ1) is 36.0. The van der Waals surface area contributed by atoms with E-state index in [-0.39, 0.29) is 12.5 Å². The SMILES string of the molecule is CCCCCCCCCCC/C=C/C(O)C(COC1OC(CO)C(O)C(O)C1O)NC(=O)CCCCCCC. The second-order valence-corrected chi connectivity index (χ2v) is 10.9. The minimum Gasteiger partial charge on any atom is -0.394 e. The number of aliphatic hydroxyl groups is 5. The Morgan fingerprint density at radius 1 is 0.846 bits per heavy atom. The first-order chi connectivity index (χ1) is 18.8. The number of hydrogen-bond acceptors (Lipinski definition) is 8. The molecule has 0 spiro atoms. The van der Waals surface area contributed by atoms with Gasteiger partial charge in [0.1, 0.15) is 24.4 Å². The van der Waals surface area contributed by atoms with Crippen molar-refractivity contribution in [3.05, 3.63) is 12.2 Å². The maximum absolute atomic E-state index is 12.6. The highest BCUT2D eigenvalue weighted by Gasteiger charge is 2.44. The molecule has 1 saturated heterocycles. The Morgan fingerprint density at radius 2 is 1.41 bits per heavy atom. The van der Waals surface area contributed by atoms with Crippen LogP contribution in [0.2, 0.25) is 0 Å². The van der Waals surface area contributed by atoms with Crippen molar-refractivity contribution in [1.29, 1.82) is 0 Å². The van der Waals surface area contributed by atoms with Gasteiger partial charge in [-0.25, -0.2) is 0 Å². The van der Waals surface area contributed by atoms with Crippen molar-refractivity contribution in [1.82, 2.24) is 5.32 Å². The van der Waals surface area contributed by atoms with Crippen LogP contribution in [0.5, 0.6) is 0 Å². The van der Waals surface area contributed by atoms with E-state index < -0.39 is 49.5 Å². The van der Waals surface area contributed by atoms with Crippen molar-refractivity contribution in [3.63, 3.8) is 0 Å². The fraction of sp³-hybridized carbons (Fsp3) is 0.900. The molecule has 1 rings (SSSR count). The van der Waals surface area contributed by atoms with Crippen LogP contribution in [0.1, 0.15) is 117 Å². The molecule has 1 aliphatic heterocycles. The van der Waals surface area contributed by atoms with E-state index in [2.05, 4.69) is 19.2 Å². The molecule has 7 unspecified atom stereocenters. The lowest BCUT2D eigenvalue weighted by Crippen LogP contribution is -2.60. The van der Waals surface area contributed by atoms with Crippen LogP contribution < -0.4 is 5.32 Å². The highest BCUT2D eigenvalue weighted by molar-refractivity contribution is 5.76. The van der Waals surface area contributed by atoms with Crippen LogP contribution in [0, 0.1) is 0 Å². The number of allylic oxidation sites excluding steroid dienone is 1. The molecule has 39 heavy (non-hydrogen) atoms. The molecule has 6 N–H and O–H groups in total. The van der Waals surface area contributed by atoms with Crippen LogP contribution in [0.4, 0.5) is 0 Å². The number of rotatable bonds is 23. The second kappa shape index (κ2) is 22.6. The van der Waals surface area contributed by atoms with Gasteiger partial charge in [-0.2, -0.15) is 0 Å². The van der Waals surface area contributed by atoms with E-state index in [0.717, 1.165) is 51.4 Å². The van der Waals surface area contributed by atoms with Crippen LogP contribution in [0.3, 0.4) is 0 Å². The highest BCUT2D eigenvalue weighted by Crippen LogP contribution is 2.22. The van der Waals surface area contributed by atoms with E-state index >= 15 is 0 Å². The molecule has 1 fully saturated rings. The number of carbonyl (C=O) groups is 1. The summed E-state index contributed by atoms with van der Waals surface area (Å²) in [5, 5.41) is 53.3. The van der Waals surface area contributed by atoms with Gasteiger partial charge < -0.3 is 40.3 Å². The van der Waals surface area contributed by atoms with E-state index in [0.29, 0.717) is 6.42 Å². The summed E-state index contributed by atoms with van der Waals surface area (Å²) in [4.78, 5) is 12.6. The summed E-state index contributed by atoms with van der Waals surface area (Å²) >= 11 is 0. The maximum atomic E-state index is 12.6. The normalized spacial score (nSPS) is 25.2. The minimum absolute atomic E-state index is 0.187. The summed E-state index contributed by atoms with van der Waals surface area (Å²) in [6, 6.07) is -0.792. The molecule has 0 aromatic rings. The second-order valence-electron chi connectivity index (χ2n) is 10.9. The number of hydrogen-bond donors (Lipinski definition) is 6. The Morgan fingerprint density at radius 3 is 2.00 bits per heavy atom. The molecular weight excluding hydrogens is 502 g/mol. The highest BCUT2D eigenvalue weighted by atomic mass is 16.7. The van der Waals surface area contributed by atoms with E-state index in [1.54, 1.807) is 6.08 Å². The van der Waals surface area contributed by atoms with Gasteiger partial charge in [0.05, 0.1) is 25.4 Å². The number of carbonyl (C=O) groups excluding carboxylic acids is 1. The molecule has 9 nitrogen and oxygen atoms in total. The molecule has 0 saturated carbocycles. The maximum Gasteiger partial charge on any atom is 0.220 e. The molecule has 9 heteroatoms. The van der Waals surface area contributed by atoms with Crippen molar-refractivity contribution in [3.8, 4) is 0 Å². The van der Waals surface area contributed by atoms with E-state index in [4.69, 9.17) is 9.47 Å². The molecule has 7 atom stereocenters. The predicted molar refractivity (Wildman–Crippen MR) is 152 cm³/mol. The van der Waals surface area contributed by atoms with Gasteiger partial charge in [0, 0.05) is 6.42 Å². The molecule has 1 amide bonds.